The molecule has 1 fully saturated rings. The summed E-state index contributed by atoms with van der Waals surface area (Å²) in [6, 6.07) is 0. The molecule has 0 bridgehead atoms. The lowest BCUT2D eigenvalue weighted by Crippen LogP contribution is -2.18. The first-order chi connectivity index (χ1) is 7.70. The Hall–Kier alpha value is -1.78. The van der Waals surface area contributed by atoms with Gasteiger partial charge in [0.1, 0.15) is 5.82 Å². The molecule has 2 N–H and O–H groups in total. The van der Waals surface area contributed by atoms with Crippen molar-refractivity contribution in [3.63, 3.8) is 0 Å². The Kier molecular flexibility index (Phi) is 1.83. The van der Waals surface area contributed by atoms with Crippen LogP contribution in [0.4, 0.5) is 11.6 Å². The minimum atomic E-state index is 0.214. The van der Waals surface area contributed by atoms with Gasteiger partial charge in [0, 0.05) is 25.0 Å². The Balaban J connectivity index is 2.09. The number of fused-ring (bicyclic) bond motifs is 1. The van der Waals surface area contributed by atoms with Gasteiger partial charge in [-0.2, -0.15) is 0 Å². The topological polar surface area (TPSA) is 54.2 Å². The third kappa shape index (κ3) is 1.48. The zero-order valence-electron chi connectivity index (χ0n) is 9.49. The summed E-state index contributed by atoms with van der Waals surface area (Å²) in [5.41, 5.74) is 1.10. The summed E-state index contributed by atoms with van der Waals surface area (Å²) in [5.74, 6) is 1.70. The average Bonchev–Trinajstić information content (AvgIpc) is 2.81. The van der Waals surface area contributed by atoms with Crippen LogP contribution in [0, 0.1) is 0 Å². The number of anilines is 2. The summed E-state index contributed by atoms with van der Waals surface area (Å²) in [6.07, 6.45) is 8.05. The molecule has 0 saturated heterocycles. The highest BCUT2D eigenvalue weighted by atomic mass is 15.2. The van der Waals surface area contributed by atoms with Crippen LogP contribution >= 0.6 is 0 Å². The number of imidazole rings is 1. The van der Waals surface area contributed by atoms with Crippen molar-refractivity contribution < 1.29 is 0 Å². The van der Waals surface area contributed by atoms with Crippen molar-refractivity contribution in [2.75, 3.05) is 17.7 Å². The highest BCUT2D eigenvalue weighted by Crippen LogP contribution is 2.38. The Morgan fingerprint density at radius 2 is 2.25 bits per heavy atom. The fourth-order valence-corrected chi connectivity index (χ4v) is 1.73. The molecule has 0 atom stereocenters. The third-order valence-corrected chi connectivity index (χ3v) is 3.05. The van der Waals surface area contributed by atoms with E-state index in [4.69, 9.17) is 0 Å². The maximum absolute atomic E-state index is 4.51. The first kappa shape index (κ1) is 9.45. The molecule has 84 valence electrons. The van der Waals surface area contributed by atoms with E-state index in [0.717, 1.165) is 17.3 Å². The molecule has 0 unspecified atom stereocenters. The van der Waals surface area contributed by atoms with Crippen molar-refractivity contribution in [3.8, 4) is 0 Å². The second-order valence-electron chi connectivity index (χ2n) is 4.57. The Morgan fingerprint density at radius 1 is 1.44 bits per heavy atom. The van der Waals surface area contributed by atoms with Crippen molar-refractivity contribution in [1.82, 2.24) is 14.4 Å². The van der Waals surface area contributed by atoms with Crippen LogP contribution in [0.15, 0.2) is 18.6 Å². The molecule has 2 aromatic rings. The molecule has 5 heteroatoms. The highest BCUT2D eigenvalue weighted by Gasteiger charge is 2.38. The van der Waals surface area contributed by atoms with Crippen LogP contribution in [0.1, 0.15) is 19.8 Å². The molecule has 16 heavy (non-hydrogen) atoms. The first-order valence-corrected chi connectivity index (χ1v) is 5.50. The maximum atomic E-state index is 4.51. The standard InChI is InChI=1S/C11H15N5/c1-11(3-4-11)15-9-10-13-5-6-16(10)7-8(12-2)14-9/h5-7,12H,3-4H2,1-2H3,(H,14,15). The smallest absolute Gasteiger partial charge is 0.180 e. The maximum Gasteiger partial charge on any atom is 0.180 e. The largest absolute Gasteiger partial charge is 0.372 e. The zero-order valence-corrected chi connectivity index (χ0v) is 9.49. The van der Waals surface area contributed by atoms with Gasteiger partial charge in [0.25, 0.3) is 0 Å². The van der Waals surface area contributed by atoms with E-state index in [9.17, 15) is 0 Å². The van der Waals surface area contributed by atoms with Crippen LogP contribution < -0.4 is 10.6 Å². The second kappa shape index (κ2) is 3.10. The average molecular weight is 217 g/mol. The predicted octanol–water partition coefficient (Wildman–Crippen LogP) is 1.74. The normalized spacial score (nSPS) is 17.4. The van der Waals surface area contributed by atoms with Crippen LogP contribution in [0.3, 0.4) is 0 Å². The monoisotopic (exact) mass is 217 g/mol. The molecule has 5 nitrogen and oxygen atoms in total. The van der Waals surface area contributed by atoms with Gasteiger partial charge in [-0.25, -0.2) is 9.97 Å². The van der Waals surface area contributed by atoms with Gasteiger partial charge in [-0.1, -0.05) is 0 Å². The van der Waals surface area contributed by atoms with Crippen LogP contribution in [-0.4, -0.2) is 27.0 Å². The number of nitrogens with zero attached hydrogens (tertiary/aromatic N) is 3. The fraction of sp³-hybridized carbons (Fsp3) is 0.455. The van der Waals surface area contributed by atoms with Crippen molar-refractivity contribution in [2.45, 2.75) is 25.3 Å². The Bertz CT molecular complexity index is 526. The molecule has 2 aromatic heterocycles. The minimum Gasteiger partial charge on any atom is -0.372 e. The van der Waals surface area contributed by atoms with E-state index >= 15 is 0 Å². The van der Waals surface area contributed by atoms with Crippen molar-refractivity contribution in [1.29, 1.82) is 0 Å². The summed E-state index contributed by atoms with van der Waals surface area (Å²) in [4.78, 5) is 8.83. The van der Waals surface area contributed by atoms with Gasteiger partial charge in [-0.05, 0) is 19.8 Å². The predicted molar refractivity (Wildman–Crippen MR) is 63.8 cm³/mol. The van der Waals surface area contributed by atoms with E-state index in [2.05, 4.69) is 27.5 Å². The summed E-state index contributed by atoms with van der Waals surface area (Å²) in [5, 5.41) is 6.52. The SMILES string of the molecule is CNc1cn2ccnc2c(NC2(C)CC2)n1. The van der Waals surface area contributed by atoms with Gasteiger partial charge in [0.15, 0.2) is 11.5 Å². The van der Waals surface area contributed by atoms with E-state index in [1.54, 1.807) is 6.20 Å². The van der Waals surface area contributed by atoms with Crippen molar-refractivity contribution in [3.05, 3.63) is 18.6 Å². The molecule has 3 rings (SSSR count). The number of hydrogen-bond acceptors (Lipinski definition) is 4. The Labute approximate surface area is 93.9 Å². The zero-order chi connectivity index (χ0) is 11.2. The highest BCUT2D eigenvalue weighted by molar-refractivity contribution is 5.66. The molecule has 0 spiro atoms. The van der Waals surface area contributed by atoms with E-state index in [-0.39, 0.29) is 5.54 Å². The van der Waals surface area contributed by atoms with Crippen LogP contribution in [0.5, 0.6) is 0 Å². The summed E-state index contributed by atoms with van der Waals surface area (Å²) >= 11 is 0. The molecule has 0 aromatic carbocycles. The van der Waals surface area contributed by atoms with Crippen molar-refractivity contribution in [2.24, 2.45) is 0 Å². The van der Waals surface area contributed by atoms with Gasteiger partial charge < -0.3 is 15.0 Å². The molecular formula is C11H15N5. The fourth-order valence-electron chi connectivity index (χ4n) is 1.73. The number of nitrogens with one attached hydrogen (secondary N) is 2. The van der Waals surface area contributed by atoms with Gasteiger partial charge in [-0.3, -0.25) is 0 Å². The van der Waals surface area contributed by atoms with Gasteiger partial charge >= 0.3 is 0 Å². The second-order valence-corrected chi connectivity index (χ2v) is 4.57. The van der Waals surface area contributed by atoms with Crippen LogP contribution in [0.2, 0.25) is 0 Å². The third-order valence-electron chi connectivity index (χ3n) is 3.05. The van der Waals surface area contributed by atoms with Crippen LogP contribution in [0.25, 0.3) is 5.65 Å². The van der Waals surface area contributed by atoms with Crippen LogP contribution in [-0.2, 0) is 0 Å². The summed E-state index contributed by atoms with van der Waals surface area (Å²) in [7, 11) is 1.87. The van der Waals surface area contributed by atoms with Gasteiger partial charge in [0.2, 0.25) is 0 Å². The van der Waals surface area contributed by atoms with E-state index in [1.807, 2.05) is 23.8 Å². The van der Waals surface area contributed by atoms with Gasteiger partial charge in [-0.15, -0.1) is 0 Å². The molecule has 1 saturated carbocycles. The number of hydrogen-bond donors (Lipinski definition) is 2. The lowest BCUT2D eigenvalue weighted by molar-refractivity contribution is 0.820. The molecule has 1 aliphatic rings. The molecule has 0 radical (unpaired) electrons. The summed E-state index contributed by atoms with van der Waals surface area (Å²) < 4.78 is 1.98. The molecule has 1 aliphatic carbocycles. The van der Waals surface area contributed by atoms with E-state index in [0.29, 0.717) is 0 Å². The molecule has 2 heterocycles. The Morgan fingerprint density at radius 3 is 2.94 bits per heavy atom. The number of rotatable bonds is 3. The summed E-state index contributed by atoms with van der Waals surface area (Å²) in [6.45, 7) is 2.21. The lowest BCUT2D eigenvalue weighted by Gasteiger charge is -2.14. The minimum absolute atomic E-state index is 0.214. The lowest BCUT2D eigenvalue weighted by atomic mass is 10.3. The van der Waals surface area contributed by atoms with Gasteiger partial charge in [0.05, 0.1) is 6.20 Å². The first-order valence-electron chi connectivity index (χ1n) is 5.50. The molecular weight excluding hydrogens is 202 g/mol. The van der Waals surface area contributed by atoms with E-state index in [1.165, 1.54) is 12.8 Å². The molecule has 0 amide bonds. The van der Waals surface area contributed by atoms with Crippen molar-refractivity contribution >= 4 is 17.3 Å². The molecule has 0 aliphatic heterocycles. The number of aromatic nitrogens is 3. The van der Waals surface area contributed by atoms with E-state index < -0.39 is 0 Å². The quantitative estimate of drug-likeness (QED) is 0.822.